The first-order valence-corrected chi connectivity index (χ1v) is 13.9. The number of nitrogens with zero attached hydrogens (tertiary/aromatic N) is 2. The Balaban J connectivity index is 1.15. The molecule has 0 atom stereocenters. The third kappa shape index (κ3) is 6.07. The van der Waals surface area contributed by atoms with Crippen LogP contribution >= 0.6 is 11.8 Å². The van der Waals surface area contributed by atoms with E-state index < -0.39 is 0 Å². The molecule has 2 aliphatic rings. The number of ether oxygens (including phenoxy) is 4. The van der Waals surface area contributed by atoms with Crippen LogP contribution in [0.4, 0.5) is 0 Å². The Bertz CT molecular complexity index is 1680. The maximum absolute atomic E-state index is 13.6. The van der Waals surface area contributed by atoms with Crippen molar-refractivity contribution in [3.63, 3.8) is 0 Å². The Morgan fingerprint density at radius 1 is 0.805 bits per heavy atom. The normalized spacial score (nSPS) is 12.9. The van der Waals surface area contributed by atoms with E-state index in [1.807, 2.05) is 42.5 Å². The molecule has 2 N–H and O–H groups in total. The molecule has 0 unspecified atom stereocenters. The maximum atomic E-state index is 13.6. The monoisotopic (exact) mass is 574 g/mol. The molecular formula is C29H26N4O7S. The van der Waals surface area contributed by atoms with E-state index in [0.29, 0.717) is 52.1 Å². The third-order valence-electron chi connectivity index (χ3n) is 6.57. The van der Waals surface area contributed by atoms with E-state index >= 15 is 0 Å². The summed E-state index contributed by atoms with van der Waals surface area (Å²) in [4.78, 5) is 43.6. The van der Waals surface area contributed by atoms with Gasteiger partial charge in [-0.15, -0.1) is 0 Å². The average Bonchev–Trinajstić information content (AvgIpc) is 3.66. The van der Waals surface area contributed by atoms with Gasteiger partial charge in [-0.05, 0) is 29.3 Å². The molecule has 1 aromatic heterocycles. The van der Waals surface area contributed by atoms with Gasteiger partial charge in [-0.1, -0.05) is 48.2 Å². The number of carbonyl (C=O) groups is 2. The SMILES string of the molecule is O=C(CCn1c(SCC(=O)NCc2ccccc2)nc2cc3c(cc2c1=O)OCO3)NCc1ccc2c(c1)OCO2. The summed E-state index contributed by atoms with van der Waals surface area (Å²) >= 11 is 1.14. The van der Waals surface area contributed by atoms with Crippen LogP contribution in [0.3, 0.4) is 0 Å². The predicted octanol–water partition coefficient (Wildman–Crippen LogP) is 2.97. The van der Waals surface area contributed by atoms with Crippen molar-refractivity contribution in [3.05, 3.63) is 82.1 Å². The Morgan fingerprint density at radius 2 is 1.49 bits per heavy atom. The van der Waals surface area contributed by atoms with Gasteiger partial charge in [0.25, 0.3) is 5.56 Å². The highest BCUT2D eigenvalue weighted by Crippen LogP contribution is 2.35. The first kappa shape index (κ1) is 26.5. The molecule has 6 rings (SSSR count). The minimum Gasteiger partial charge on any atom is -0.454 e. The van der Waals surface area contributed by atoms with Crippen molar-refractivity contribution in [2.45, 2.75) is 31.2 Å². The van der Waals surface area contributed by atoms with Crippen molar-refractivity contribution in [2.75, 3.05) is 19.3 Å². The minimum atomic E-state index is -0.330. The lowest BCUT2D eigenvalue weighted by Crippen LogP contribution is -2.29. The van der Waals surface area contributed by atoms with Crippen molar-refractivity contribution in [3.8, 4) is 23.0 Å². The molecule has 12 heteroatoms. The summed E-state index contributed by atoms with van der Waals surface area (Å²) in [6.45, 7) is 1.01. The number of hydrogen-bond donors (Lipinski definition) is 2. The van der Waals surface area contributed by atoms with E-state index in [4.69, 9.17) is 18.9 Å². The fourth-order valence-electron chi connectivity index (χ4n) is 4.43. The van der Waals surface area contributed by atoms with Gasteiger partial charge in [0.15, 0.2) is 28.2 Å². The van der Waals surface area contributed by atoms with Crippen molar-refractivity contribution in [1.29, 1.82) is 0 Å². The molecule has 0 aliphatic carbocycles. The molecular weight excluding hydrogens is 548 g/mol. The van der Waals surface area contributed by atoms with E-state index in [1.165, 1.54) is 4.57 Å². The van der Waals surface area contributed by atoms with Crippen molar-refractivity contribution < 1.29 is 28.5 Å². The molecule has 3 heterocycles. The Morgan fingerprint density at radius 3 is 2.29 bits per heavy atom. The number of nitrogens with one attached hydrogen (secondary N) is 2. The average molecular weight is 575 g/mol. The quantitative estimate of drug-likeness (QED) is 0.217. The highest BCUT2D eigenvalue weighted by Gasteiger charge is 2.20. The van der Waals surface area contributed by atoms with E-state index in [-0.39, 0.29) is 49.7 Å². The van der Waals surface area contributed by atoms with Gasteiger partial charge in [0.2, 0.25) is 25.4 Å². The van der Waals surface area contributed by atoms with Gasteiger partial charge in [-0.3, -0.25) is 19.0 Å². The Hall–Kier alpha value is -4.71. The van der Waals surface area contributed by atoms with Crippen LogP contribution in [0.2, 0.25) is 0 Å². The second-order valence-corrected chi connectivity index (χ2v) is 10.3. The van der Waals surface area contributed by atoms with E-state index in [0.717, 1.165) is 22.9 Å². The summed E-state index contributed by atoms with van der Waals surface area (Å²) in [5.41, 5.74) is 1.94. The summed E-state index contributed by atoms with van der Waals surface area (Å²) < 4.78 is 23.0. The first-order valence-electron chi connectivity index (χ1n) is 13.0. The molecule has 0 spiro atoms. The number of hydrogen-bond acceptors (Lipinski definition) is 9. The maximum Gasteiger partial charge on any atom is 0.262 e. The topological polar surface area (TPSA) is 130 Å². The molecule has 4 aromatic rings. The van der Waals surface area contributed by atoms with Crippen LogP contribution in [0, 0.1) is 0 Å². The van der Waals surface area contributed by atoms with Crippen LogP contribution in [0.25, 0.3) is 10.9 Å². The predicted molar refractivity (Wildman–Crippen MR) is 150 cm³/mol. The first-order chi connectivity index (χ1) is 20.0. The minimum absolute atomic E-state index is 0.0377. The number of thioether (sulfide) groups is 1. The summed E-state index contributed by atoms with van der Waals surface area (Å²) in [5, 5.41) is 6.43. The Kier molecular flexibility index (Phi) is 7.63. The lowest BCUT2D eigenvalue weighted by Gasteiger charge is -2.14. The molecule has 11 nitrogen and oxygen atoms in total. The van der Waals surface area contributed by atoms with E-state index in [2.05, 4.69) is 15.6 Å². The smallest absolute Gasteiger partial charge is 0.262 e. The van der Waals surface area contributed by atoms with Crippen LogP contribution in [0.1, 0.15) is 17.5 Å². The molecule has 41 heavy (non-hydrogen) atoms. The standard InChI is InChI=1S/C29H26N4O7S/c34-26(30-14-19-6-7-22-23(10-19)38-16-37-22)8-9-33-28(36)20-11-24-25(40-17-39-24)12-21(20)32-29(33)41-15-27(35)31-13-18-4-2-1-3-5-18/h1-7,10-12H,8-9,13-17H2,(H,30,34)(H,31,35). The highest BCUT2D eigenvalue weighted by atomic mass is 32.2. The van der Waals surface area contributed by atoms with Crippen LogP contribution in [0.5, 0.6) is 23.0 Å². The van der Waals surface area contributed by atoms with Crippen molar-refractivity contribution in [2.24, 2.45) is 0 Å². The molecule has 0 radical (unpaired) electrons. The second kappa shape index (κ2) is 11.8. The summed E-state index contributed by atoms with van der Waals surface area (Å²) in [5.74, 6) is 1.88. The van der Waals surface area contributed by atoms with Gasteiger partial charge < -0.3 is 29.6 Å². The number of amides is 2. The zero-order valence-corrected chi connectivity index (χ0v) is 22.7. The molecule has 0 saturated heterocycles. The number of rotatable bonds is 10. The molecule has 2 amide bonds. The fraction of sp³-hybridized carbons (Fsp3) is 0.241. The molecule has 0 bridgehead atoms. The molecule has 0 saturated carbocycles. The van der Waals surface area contributed by atoms with Crippen molar-refractivity contribution in [1.82, 2.24) is 20.2 Å². The second-order valence-electron chi connectivity index (χ2n) is 9.34. The van der Waals surface area contributed by atoms with Crippen LogP contribution in [-0.4, -0.2) is 40.7 Å². The zero-order chi connectivity index (χ0) is 28.2. The molecule has 2 aliphatic heterocycles. The lowest BCUT2D eigenvalue weighted by molar-refractivity contribution is -0.121. The molecule has 3 aromatic carbocycles. The number of fused-ring (bicyclic) bond motifs is 3. The molecule has 0 fully saturated rings. The fourth-order valence-corrected chi connectivity index (χ4v) is 5.28. The van der Waals surface area contributed by atoms with Crippen LogP contribution in [0.15, 0.2) is 70.6 Å². The summed E-state index contributed by atoms with van der Waals surface area (Å²) in [7, 11) is 0. The van der Waals surface area contributed by atoms with Crippen molar-refractivity contribution >= 4 is 34.5 Å². The highest BCUT2D eigenvalue weighted by molar-refractivity contribution is 7.99. The molecule has 210 valence electrons. The summed E-state index contributed by atoms with van der Waals surface area (Å²) in [6.07, 6.45) is 0.0377. The van der Waals surface area contributed by atoms with Gasteiger partial charge in [0, 0.05) is 32.1 Å². The largest absolute Gasteiger partial charge is 0.454 e. The number of benzene rings is 3. The number of carbonyl (C=O) groups excluding carboxylic acids is 2. The Labute approximate surface area is 238 Å². The zero-order valence-electron chi connectivity index (χ0n) is 21.9. The van der Waals surface area contributed by atoms with Crippen LogP contribution < -0.4 is 35.1 Å². The number of aromatic nitrogens is 2. The van der Waals surface area contributed by atoms with E-state index in [9.17, 15) is 14.4 Å². The lowest BCUT2D eigenvalue weighted by atomic mass is 10.2. The van der Waals surface area contributed by atoms with Gasteiger partial charge >= 0.3 is 0 Å². The van der Waals surface area contributed by atoms with Gasteiger partial charge in [-0.25, -0.2) is 4.98 Å². The van der Waals surface area contributed by atoms with Gasteiger partial charge in [0.05, 0.1) is 16.7 Å². The summed E-state index contributed by atoms with van der Waals surface area (Å²) in [6, 6.07) is 18.3. The van der Waals surface area contributed by atoms with E-state index in [1.54, 1.807) is 18.2 Å². The van der Waals surface area contributed by atoms with Gasteiger partial charge in [-0.2, -0.15) is 0 Å². The third-order valence-corrected chi connectivity index (χ3v) is 7.54. The van der Waals surface area contributed by atoms with Crippen LogP contribution in [-0.2, 0) is 29.2 Å². The van der Waals surface area contributed by atoms with Gasteiger partial charge in [0.1, 0.15) is 0 Å².